The Balaban J connectivity index is 1.30. The number of furan rings is 1. The zero-order valence-corrected chi connectivity index (χ0v) is 15.6. The number of morpholine rings is 1. The summed E-state index contributed by atoms with van der Waals surface area (Å²) in [5, 5.41) is 2.94. The minimum Gasteiger partial charge on any atom is -0.486 e. The Kier molecular flexibility index (Phi) is 5.98. The molecule has 0 saturated carbocycles. The zero-order valence-electron chi connectivity index (χ0n) is 15.6. The molecule has 28 heavy (non-hydrogen) atoms. The van der Waals surface area contributed by atoms with Crippen LogP contribution in [0.4, 0.5) is 0 Å². The van der Waals surface area contributed by atoms with Gasteiger partial charge >= 0.3 is 0 Å². The van der Waals surface area contributed by atoms with Gasteiger partial charge in [-0.3, -0.25) is 9.69 Å². The number of fused-ring (bicyclic) bond motifs is 1. The van der Waals surface area contributed by atoms with E-state index in [0.717, 1.165) is 18.8 Å². The van der Waals surface area contributed by atoms with Crippen LogP contribution in [-0.4, -0.2) is 63.5 Å². The van der Waals surface area contributed by atoms with Gasteiger partial charge in [-0.25, -0.2) is 0 Å². The lowest BCUT2D eigenvalue weighted by Gasteiger charge is -2.33. The lowest BCUT2D eigenvalue weighted by molar-refractivity contribution is -0.123. The van der Waals surface area contributed by atoms with Crippen molar-refractivity contribution in [1.82, 2.24) is 10.2 Å². The fraction of sp³-hybridized carbons (Fsp3) is 0.450. The van der Waals surface area contributed by atoms with Crippen molar-refractivity contribution in [1.29, 1.82) is 0 Å². The largest absolute Gasteiger partial charge is 0.486 e. The molecule has 8 nitrogen and oxygen atoms in total. The number of nitrogens with zero attached hydrogens (tertiary/aromatic N) is 1. The van der Waals surface area contributed by atoms with Crippen LogP contribution < -0.4 is 19.5 Å². The summed E-state index contributed by atoms with van der Waals surface area (Å²) in [4.78, 5) is 14.6. The predicted octanol–water partition coefficient (Wildman–Crippen LogP) is 1.62. The number of carbonyl (C=O) groups is 1. The van der Waals surface area contributed by atoms with Gasteiger partial charge in [-0.2, -0.15) is 0 Å². The number of ether oxygens (including phenoxy) is 4. The molecule has 1 aromatic carbocycles. The van der Waals surface area contributed by atoms with Gasteiger partial charge in [0.2, 0.25) is 0 Å². The minimum absolute atomic E-state index is 0.0304. The van der Waals surface area contributed by atoms with Crippen molar-refractivity contribution in [2.75, 3.05) is 52.7 Å². The van der Waals surface area contributed by atoms with E-state index in [1.165, 1.54) is 0 Å². The molecule has 1 amide bonds. The summed E-state index contributed by atoms with van der Waals surface area (Å²) < 4.78 is 27.6. The van der Waals surface area contributed by atoms with Gasteiger partial charge < -0.3 is 28.7 Å². The first-order valence-corrected chi connectivity index (χ1v) is 9.44. The van der Waals surface area contributed by atoms with E-state index in [1.807, 2.05) is 12.1 Å². The summed E-state index contributed by atoms with van der Waals surface area (Å²) in [5.74, 6) is 2.52. The Morgan fingerprint density at radius 3 is 2.71 bits per heavy atom. The Morgan fingerprint density at radius 1 is 1.11 bits per heavy atom. The second-order valence-corrected chi connectivity index (χ2v) is 6.58. The highest BCUT2D eigenvalue weighted by Crippen LogP contribution is 2.33. The summed E-state index contributed by atoms with van der Waals surface area (Å²) in [6.45, 7) is 4.37. The van der Waals surface area contributed by atoms with Crippen molar-refractivity contribution in [3.8, 4) is 17.2 Å². The van der Waals surface area contributed by atoms with Gasteiger partial charge in [0.15, 0.2) is 18.1 Å². The molecule has 8 heteroatoms. The molecule has 2 aromatic rings. The Bertz CT molecular complexity index is 773. The molecular formula is C20H24N2O6. The van der Waals surface area contributed by atoms with Gasteiger partial charge in [0.25, 0.3) is 5.91 Å². The summed E-state index contributed by atoms with van der Waals surface area (Å²) in [7, 11) is 0. The third kappa shape index (κ3) is 4.58. The predicted molar refractivity (Wildman–Crippen MR) is 99.8 cm³/mol. The second kappa shape index (κ2) is 8.99. The average molecular weight is 388 g/mol. The molecule has 4 rings (SSSR count). The van der Waals surface area contributed by atoms with Crippen molar-refractivity contribution in [2.45, 2.75) is 6.04 Å². The van der Waals surface area contributed by atoms with E-state index in [4.69, 9.17) is 23.4 Å². The Labute approximate surface area is 163 Å². The lowest BCUT2D eigenvalue weighted by Crippen LogP contribution is -2.44. The van der Waals surface area contributed by atoms with Crippen LogP contribution in [0.2, 0.25) is 0 Å². The van der Waals surface area contributed by atoms with E-state index in [-0.39, 0.29) is 18.6 Å². The number of carbonyl (C=O) groups excluding carboxylic acids is 1. The molecule has 2 aliphatic rings. The molecule has 0 spiro atoms. The SMILES string of the molecule is O=C(COc1ccc2c(c1)OCCO2)NCC(c1ccco1)N1CCOCC1. The normalized spacial score (nSPS) is 17.7. The molecular weight excluding hydrogens is 364 g/mol. The first-order chi connectivity index (χ1) is 13.8. The highest BCUT2D eigenvalue weighted by atomic mass is 16.6. The monoisotopic (exact) mass is 388 g/mol. The smallest absolute Gasteiger partial charge is 0.258 e. The maximum absolute atomic E-state index is 12.3. The van der Waals surface area contributed by atoms with E-state index in [1.54, 1.807) is 24.5 Å². The number of amides is 1. The second-order valence-electron chi connectivity index (χ2n) is 6.58. The standard InChI is InChI=1S/C20H24N2O6/c23-20(14-28-15-3-4-18-19(12-15)27-11-10-26-18)21-13-16(17-2-1-7-25-17)22-5-8-24-9-6-22/h1-4,7,12,16H,5-6,8-11,13-14H2,(H,21,23). The quantitative estimate of drug-likeness (QED) is 0.772. The molecule has 1 saturated heterocycles. The van der Waals surface area contributed by atoms with Crippen molar-refractivity contribution in [2.24, 2.45) is 0 Å². The lowest BCUT2D eigenvalue weighted by atomic mass is 10.1. The highest BCUT2D eigenvalue weighted by Gasteiger charge is 2.25. The third-order valence-electron chi connectivity index (χ3n) is 4.73. The molecule has 1 atom stereocenters. The van der Waals surface area contributed by atoms with Gasteiger partial charge in [0.1, 0.15) is 24.7 Å². The fourth-order valence-electron chi connectivity index (χ4n) is 3.30. The Hall–Kier alpha value is -2.71. The van der Waals surface area contributed by atoms with Crippen LogP contribution in [0, 0.1) is 0 Å². The minimum atomic E-state index is -0.195. The molecule has 0 aliphatic carbocycles. The summed E-state index contributed by atoms with van der Waals surface area (Å²) in [6, 6.07) is 9.04. The molecule has 1 unspecified atom stereocenters. The molecule has 1 N–H and O–H groups in total. The van der Waals surface area contributed by atoms with Gasteiger partial charge in [-0.1, -0.05) is 0 Å². The molecule has 1 fully saturated rings. The van der Waals surface area contributed by atoms with Crippen molar-refractivity contribution in [3.05, 3.63) is 42.4 Å². The molecule has 150 valence electrons. The van der Waals surface area contributed by atoms with Crippen LogP contribution in [0.15, 0.2) is 41.0 Å². The maximum Gasteiger partial charge on any atom is 0.258 e. The van der Waals surface area contributed by atoms with E-state index in [2.05, 4.69) is 10.2 Å². The van der Waals surface area contributed by atoms with Crippen molar-refractivity contribution >= 4 is 5.91 Å². The fourth-order valence-corrected chi connectivity index (χ4v) is 3.30. The highest BCUT2D eigenvalue weighted by molar-refractivity contribution is 5.77. The number of rotatable bonds is 7. The first-order valence-electron chi connectivity index (χ1n) is 9.44. The van der Waals surface area contributed by atoms with E-state index < -0.39 is 0 Å². The molecule has 3 heterocycles. The third-order valence-corrected chi connectivity index (χ3v) is 4.73. The summed E-state index contributed by atoms with van der Waals surface area (Å²) in [6.07, 6.45) is 1.65. The number of benzene rings is 1. The Morgan fingerprint density at radius 2 is 1.93 bits per heavy atom. The number of hydrogen-bond donors (Lipinski definition) is 1. The topological polar surface area (TPSA) is 82.4 Å². The van der Waals surface area contributed by atoms with Gasteiger partial charge in [-0.15, -0.1) is 0 Å². The summed E-state index contributed by atoms with van der Waals surface area (Å²) >= 11 is 0. The van der Waals surface area contributed by atoms with Crippen LogP contribution in [0.5, 0.6) is 17.2 Å². The van der Waals surface area contributed by atoms with Crippen molar-refractivity contribution in [3.63, 3.8) is 0 Å². The first kappa shape index (κ1) is 18.6. The van der Waals surface area contributed by atoms with Crippen LogP contribution >= 0.6 is 0 Å². The average Bonchev–Trinajstić information content (AvgIpc) is 3.27. The van der Waals surface area contributed by atoms with Crippen LogP contribution in [0.25, 0.3) is 0 Å². The molecule has 2 aliphatic heterocycles. The van der Waals surface area contributed by atoms with Gasteiger partial charge in [0.05, 0.1) is 25.5 Å². The number of hydrogen-bond acceptors (Lipinski definition) is 7. The van der Waals surface area contributed by atoms with Gasteiger partial charge in [-0.05, 0) is 24.3 Å². The maximum atomic E-state index is 12.3. The molecule has 0 bridgehead atoms. The molecule has 1 aromatic heterocycles. The van der Waals surface area contributed by atoms with Crippen LogP contribution in [-0.2, 0) is 9.53 Å². The van der Waals surface area contributed by atoms with Crippen LogP contribution in [0.3, 0.4) is 0 Å². The molecule has 0 radical (unpaired) electrons. The van der Waals surface area contributed by atoms with Gasteiger partial charge in [0, 0.05) is 25.7 Å². The van der Waals surface area contributed by atoms with Crippen molar-refractivity contribution < 1.29 is 28.2 Å². The summed E-state index contributed by atoms with van der Waals surface area (Å²) in [5.41, 5.74) is 0. The van der Waals surface area contributed by atoms with E-state index in [9.17, 15) is 4.79 Å². The van der Waals surface area contributed by atoms with E-state index >= 15 is 0 Å². The van der Waals surface area contributed by atoms with E-state index in [0.29, 0.717) is 50.2 Å². The number of nitrogens with one attached hydrogen (secondary N) is 1. The zero-order chi connectivity index (χ0) is 19.2. The van der Waals surface area contributed by atoms with Crippen LogP contribution in [0.1, 0.15) is 11.8 Å².